The van der Waals surface area contributed by atoms with E-state index in [1.807, 2.05) is 36.9 Å². The Hall–Kier alpha value is -2.14. The van der Waals surface area contributed by atoms with E-state index in [0.29, 0.717) is 19.5 Å². The molecule has 25 heavy (non-hydrogen) atoms. The maximum Gasteiger partial charge on any atom is 0.228 e. The molecule has 1 aromatic carbocycles. The summed E-state index contributed by atoms with van der Waals surface area (Å²) in [7, 11) is 0. The zero-order valence-electron chi connectivity index (χ0n) is 14.6. The lowest BCUT2D eigenvalue weighted by Gasteiger charge is -2.29. The fraction of sp³-hybridized carbons (Fsp3) is 0.400. The molecular weight excluding hydrogens is 332 g/mol. The standard InChI is InChI=1S/C20H22N2O2S/c1-13-4-3-5-17(14(13)2)22-12-16(10-19(22)23)20(24)21-8-6-18-15(11-21)7-9-25-18/h3-5,7,9,16H,6,8,10-12H2,1-2H3. The van der Waals surface area contributed by atoms with Crippen molar-refractivity contribution in [3.63, 3.8) is 0 Å². The van der Waals surface area contributed by atoms with Gasteiger partial charge in [-0.05, 0) is 54.5 Å². The Labute approximate surface area is 152 Å². The molecule has 2 aromatic rings. The van der Waals surface area contributed by atoms with Gasteiger partial charge in [0.1, 0.15) is 0 Å². The van der Waals surface area contributed by atoms with Crippen LogP contribution in [0.1, 0.15) is 28.0 Å². The van der Waals surface area contributed by atoms with E-state index in [4.69, 9.17) is 0 Å². The van der Waals surface area contributed by atoms with Gasteiger partial charge in [-0.25, -0.2) is 0 Å². The maximum atomic E-state index is 13.0. The third-order valence-corrected chi connectivity index (χ3v) is 6.48. The highest BCUT2D eigenvalue weighted by atomic mass is 32.1. The van der Waals surface area contributed by atoms with Crippen LogP contribution in [0.5, 0.6) is 0 Å². The highest BCUT2D eigenvalue weighted by molar-refractivity contribution is 7.10. The lowest BCUT2D eigenvalue weighted by Crippen LogP contribution is -2.40. The summed E-state index contributed by atoms with van der Waals surface area (Å²) in [5.74, 6) is -0.0501. The molecule has 0 spiro atoms. The minimum absolute atomic E-state index is 0.0558. The molecular formula is C20H22N2O2S. The molecule has 4 nitrogen and oxygen atoms in total. The molecule has 3 heterocycles. The Kier molecular flexibility index (Phi) is 4.12. The Balaban J connectivity index is 1.51. The smallest absolute Gasteiger partial charge is 0.228 e. The first-order valence-electron chi connectivity index (χ1n) is 8.75. The number of carbonyl (C=O) groups is 2. The fourth-order valence-electron chi connectivity index (χ4n) is 3.83. The summed E-state index contributed by atoms with van der Waals surface area (Å²) in [5, 5.41) is 2.10. The average Bonchev–Trinajstić information content (AvgIpc) is 3.22. The SMILES string of the molecule is Cc1cccc(N2CC(C(=O)N3CCc4sccc4C3)CC2=O)c1C. The van der Waals surface area contributed by atoms with E-state index in [1.54, 1.807) is 16.2 Å². The van der Waals surface area contributed by atoms with Gasteiger partial charge in [0.2, 0.25) is 11.8 Å². The van der Waals surface area contributed by atoms with E-state index in [2.05, 4.69) is 11.4 Å². The summed E-state index contributed by atoms with van der Waals surface area (Å²) in [4.78, 5) is 30.6. The summed E-state index contributed by atoms with van der Waals surface area (Å²) in [5.41, 5.74) is 4.49. The first kappa shape index (κ1) is 16.3. The van der Waals surface area contributed by atoms with Crippen molar-refractivity contribution in [2.24, 2.45) is 5.92 Å². The number of hydrogen-bond acceptors (Lipinski definition) is 3. The number of anilines is 1. The fourth-order valence-corrected chi connectivity index (χ4v) is 4.72. The van der Waals surface area contributed by atoms with Crippen molar-refractivity contribution >= 4 is 28.8 Å². The van der Waals surface area contributed by atoms with Gasteiger partial charge in [0.25, 0.3) is 0 Å². The number of thiophene rings is 1. The minimum atomic E-state index is -0.229. The molecule has 1 saturated heterocycles. The molecule has 2 aliphatic heterocycles. The summed E-state index contributed by atoms with van der Waals surface area (Å²) in [6.45, 7) is 6.03. The van der Waals surface area contributed by atoms with E-state index >= 15 is 0 Å². The van der Waals surface area contributed by atoms with Gasteiger partial charge in [-0.2, -0.15) is 0 Å². The summed E-state index contributed by atoms with van der Waals surface area (Å²) < 4.78 is 0. The van der Waals surface area contributed by atoms with Crippen LogP contribution in [0.2, 0.25) is 0 Å². The van der Waals surface area contributed by atoms with Crippen LogP contribution in [0.25, 0.3) is 0 Å². The Morgan fingerprint density at radius 1 is 1.24 bits per heavy atom. The number of benzene rings is 1. The van der Waals surface area contributed by atoms with E-state index in [0.717, 1.165) is 24.2 Å². The molecule has 4 rings (SSSR count). The molecule has 0 N–H and O–H groups in total. The van der Waals surface area contributed by atoms with Gasteiger partial charge in [0, 0.05) is 36.6 Å². The number of amides is 2. The van der Waals surface area contributed by atoms with Crippen LogP contribution in [0, 0.1) is 19.8 Å². The highest BCUT2D eigenvalue weighted by Gasteiger charge is 2.38. The van der Waals surface area contributed by atoms with E-state index in [9.17, 15) is 9.59 Å². The predicted molar refractivity (Wildman–Crippen MR) is 99.8 cm³/mol. The molecule has 0 bridgehead atoms. The van der Waals surface area contributed by atoms with Crippen molar-refractivity contribution in [2.45, 2.75) is 33.2 Å². The van der Waals surface area contributed by atoms with Gasteiger partial charge in [0.15, 0.2) is 0 Å². The number of fused-ring (bicyclic) bond motifs is 1. The average molecular weight is 354 g/mol. The summed E-state index contributed by atoms with van der Waals surface area (Å²) >= 11 is 1.77. The second-order valence-corrected chi connectivity index (χ2v) is 8.00. The van der Waals surface area contributed by atoms with Crippen molar-refractivity contribution in [2.75, 3.05) is 18.0 Å². The third kappa shape index (κ3) is 2.86. The normalized spacial score (nSPS) is 20.1. The first-order valence-corrected chi connectivity index (χ1v) is 9.63. The molecule has 0 aliphatic carbocycles. The number of nitrogens with zero attached hydrogens (tertiary/aromatic N) is 2. The number of aryl methyl sites for hydroxylation is 1. The Morgan fingerprint density at radius 2 is 2.08 bits per heavy atom. The van der Waals surface area contributed by atoms with Crippen LogP contribution in [-0.2, 0) is 22.6 Å². The Morgan fingerprint density at radius 3 is 2.92 bits per heavy atom. The molecule has 1 unspecified atom stereocenters. The lowest BCUT2D eigenvalue weighted by molar-refractivity contribution is -0.136. The highest BCUT2D eigenvalue weighted by Crippen LogP contribution is 2.31. The van der Waals surface area contributed by atoms with Gasteiger partial charge in [-0.3, -0.25) is 9.59 Å². The van der Waals surface area contributed by atoms with E-state index in [-0.39, 0.29) is 17.7 Å². The van der Waals surface area contributed by atoms with Gasteiger partial charge < -0.3 is 9.80 Å². The molecule has 5 heteroatoms. The molecule has 0 saturated carbocycles. The molecule has 0 radical (unpaired) electrons. The van der Waals surface area contributed by atoms with Crippen LogP contribution < -0.4 is 4.90 Å². The zero-order chi connectivity index (χ0) is 17.6. The van der Waals surface area contributed by atoms with Crippen molar-refractivity contribution in [3.8, 4) is 0 Å². The van der Waals surface area contributed by atoms with Crippen LogP contribution in [0.3, 0.4) is 0 Å². The second kappa shape index (κ2) is 6.30. The first-order chi connectivity index (χ1) is 12.0. The predicted octanol–water partition coefficient (Wildman–Crippen LogP) is 3.30. The largest absolute Gasteiger partial charge is 0.338 e. The van der Waals surface area contributed by atoms with Gasteiger partial charge >= 0.3 is 0 Å². The molecule has 1 aromatic heterocycles. The van der Waals surface area contributed by atoms with Crippen LogP contribution in [0.4, 0.5) is 5.69 Å². The monoisotopic (exact) mass is 354 g/mol. The van der Waals surface area contributed by atoms with Gasteiger partial charge in [-0.15, -0.1) is 11.3 Å². The van der Waals surface area contributed by atoms with Crippen molar-refractivity contribution in [1.29, 1.82) is 0 Å². The van der Waals surface area contributed by atoms with Crippen LogP contribution in [-0.4, -0.2) is 29.8 Å². The van der Waals surface area contributed by atoms with Crippen molar-refractivity contribution in [1.82, 2.24) is 4.90 Å². The van der Waals surface area contributed by atoms with Crippen molar-refractivity contribution < 1.29 is 9.59 Å². The summed E-state index contributed by atoms with van der Waals surface area (Å²) in [6.07, 6.45) is 1.25. The number of rotatable bonds is 2. The lowest BCUT2D eigenvalue weighted by atomic mass is 10.0. The third-order valence-electron chi connectivity index (χ3n) is 5.46. The number of hydrogen-bond donors (Lipinski definition) is 0. The van der Waals surface area contributed by atoms with E-state index in [1.165, 1.54) is 16.0 Å². The van der Waals surface area contributed by atoms with Crippen molar-refractivity contribution in [3.05, 3.63) is 51.2 Å². The molecule has 2 amide bonds. The zero-order valence-corrected chi connectivity index (χ0v) is 15.4. The van der Waals surface area contributed by atoms with Crippen LogP contribution >= 0.6 is 11.3 Å². The van der Waals surface area contributed by atoms with Crippen LogP contribution in [0.15, 0.2) is 29.6 Å². The maximum absolute atomic E-state index is 13.0. The van der Waals surface area contributed by atoms with E-state index < -0.39 is 0 Å². The summed E-state index contributed by atoms with van der Waals surface area (Å²) in [6, 6.07) is 8.12. The molecule has 1 atom stereocenters. The topological polar surface area (TPSA) is 40.6 Å². The quantitative estimate of drug-likeness (QED) is 0.830. The minimum Gasteiger partial charge on any atom is -0.338 e. The molecule has 2 aliphatic rings. The molecule has 1 fully saturated rings. The Bertz CT molecular complexity index is 842. The molecule has 130 valence electrons. The number of carbonyl (C=O) groups excluding carboxylic acids is 2. The van der Waals surface area contributed by atoms with Gasteiger partial charge in [0.05, 0.1) is 5.92 Å². The second-order valence-electron chi connectivity index (χ2n) is 7.00. The van der Waals surface area contributed by atoms with Gasteiger partial charge in [-0.1, -0.05) is 12.1 Å².